The van der Waals surface area contributed by atoms with Crippen molar-refractivity contribution in [3.63, 3.8) is 0 Å². The summed E-state index contributed by atoms with van der Waals surface area (Å²) in [5, 5.41) is 0. The molecule has 0 fully saturated rings. The number of rotatable bonds is 7. The van der Waals surface area contributed by atoms with Gasteiger partial charge in [-0.25, -0.2) is 0 Å². The topological polar surface area (TPSA) is 17.1 Å². The van der Waals surface area contributed by atoms with Gasteiger partial charge in [0.15, 0.2) is 5.78 Å². The van der Waals surface area contributed by atoms with E-state index >= 15 is 0 Å². The molecule has 0 heterocycles. The minimum Gasteiger partial charge on any atom is -0.294 e. The zero-order chi connectivity index (χ0) is 21.0. The van der Waals surface area contributed by atoms with Gasteiger partial charge in [-0.2, -0.15) is 0 Å². The number of hydrogen-bond acceptors (Lipinski definition) is 2. The summed E-state index contributed by atoms with van der Waals surface area (Å²) < 4.78 is 0. The highest BCUT2D eigenvalue weighted by atomic mass is 32.1. The Morgan fingerprint density at radius 2 is 1.76 bits per heavy atom. The SMILES string of the molecule is CCC(C)C1=CC(=O)C(C2=CC=CCC2=S)C(C(C)CC)=C1Cc1ccccc1. The molecule has 29 heavy (non-hydrogen) atoms. The largest absolute Gasteiger partial charge is 0.294 e. The minimum atomic E-state index is -0.228. The fourth-order valence-electron chi connectivity index (χ4n) is 4.42. The molecular formula is C27H32OS. The van der Waals surface area contributed by atoms with E-state index in [4.69, 9.17) is 12.2 Å². The number of hydrogen-bond donors (Lipinski definition) is 0. The third-order valence-corrected chi connectivity index (χ3v) is 6.85. The van der Waals surface area contributed by atoms with Crippen molar-refractivity contribution in [3.8, 4) is 0 Å². The Morgan fingerprint density at radius 1 is 1.07 bits per heavy atom. The fraction of sp³-hybridized carbons (Fsp3) is 0.407. The second-order valence-corrected chi connectivity index (χ2v) is 8.82. The Morgan fingerprint density at radius 3 is 2.38 bits per heavy atom. The Balaban J connectivity index is 2.21. The highest BCUT2D eigenvalue weighted by Gasteiger charge is 2.37. The van der Waals surface area contributed by atoms with Gasteiger partial charge in [-0.15, -0.1) is 0 Å². The molecule has 2 aliphatic carbocycles. The Kier molecular flexibility index (Phi) is 7.18. The lowest BCUT2D eigenvalue weighted by atomic mass is 9.68. The summed E-state index contributed by atoms with van der Waals surface area (Å²) in [6.07, 6.45) is 11.8. The molecule has 0 saturated carbocycles. The first-order chi connectivity index (χ1) is 14.0. The van der Waals surface area contributed by atoms with Crippen LogP contribution in [0.3, 0.4) is 0 Å². The monoisotopic (exact) mass is 404 g/mol. The lowest BCUT2D eigenvalue weighted by Gasteiger charge is -2.35. The normalized spacial score (nSPS) is 21.7. The first-order valence-electron chi connectivity index (χ1n) is 10.9. The van der Waals surface area contributed by atoms with E-state index in [1.807, 2.05) is 6.08 Å². The van der Waals surface area contributed by atoms with Crippen LogP contribution in [-0.2, 0) is 11.2 Å². The molecule has 2 aliphatic rings. The van der Waals surface area contributed by atoms with Crippen LogP contribution < -0.4 is 0 Å². The van der Waals surface area contributed by atoms with Crippen molar-refractivity contribution in [2.24, 2.45) is 17.8 Å². The van der Waals surface area contributed by atoms with Crippen molar-refractivity contribution in [1.82, 2.24) is 0 Å². The second kappa shape index (κ2) is 9.63. The van der Waals surface area contributed by atoms with Gasteiger partial charge in [-0.3, -0.25) is 4.79 Å². The molecule has 1 aromatic rings. The van der Waals surface area contributed by atoms with E-state index in [-0.39, 0.29) is 11.7 Å². The van der Waals surface area contributed by atoms with E-state index in [9.17, 15) is 4.79 Å². The van der Waals surface area contributed by atoms with Crippen LogP contribution in [0.2, 0.25) is 0 Å². The predicted molar refractivity (Wildman–Crippen MR) is 127 cm³/mol. The van der Waals surface area contributed by atoms with Crippen molar-refractivity contribution in [3.05, 3.63) is 82.5 Å². The average Bonchev–Trinajstić information content (AvgIpc) is 2.74. The zero-order valence-corrected chi connectivity index (χ0v) is 18.9. The number of carbonyl (C=O) groups is 1. The van der Waals surface area contributed by atoms with E-state index in [1.54, 1.807) is 0 Å². The van der Waals surface area contributed by atoms with E-state index in [2.05, 4.69) is 76.3 Å². The van der Waals surface area contributed by atoms with Crippen molar-refractivity contribution < 1.29 is 4.79 Å². The molecule has 0 amide bonds. The summed E-state index contributed by atoms with van der Waals surface area (Å²) in [4.78, 5) is 14.4. The number of thiocarbonyl (C=S) groups is 1. The molecular weight excluding hydrogens is 372 g/mol. The predicted octanol–water partition coefficient (Wildman–Crippen LogP) is 7.00. The molecule has 3 rings (SSSR count). The molecule has 0 saturated heterocycles. The molecule has 3 unspecified atom stereocenters. The van der Waals surface area contributed by atoms with Gasteiger partial charge in [0, 0.05) is 11.3 Å². The van der Waals surface area contributed by atoms with Gasteiger partial charge < -0.3 is 0 Å². The van der Waals surface area contributed by atoms with Crippen molar-refractivity contribution in [2.45, 2.75) is 53.4 Å². The summed E-state index contributed by atoms with van der Waals surface area (Å²) >= 11 is 5.69. The summed E-state index contributed by atoms with van der Waals surface area (Å²) in [6.45, 7) is 8.93. The molecule has 152 valence electrons. The Bertz CT molecular complexity index is 898. The van der Waals surface area contributed by atoms with Crippen LogP contribution in [0.4, 0.5) is 0 Å². The van der Waals surface area contributed by atoms with Crippen LogP contribution in [0.15, 0.2) is 76.9 Å². The average molecular weight is 405 g/mol. The summed E-state index contributed by atoms with van der Waals surface area (Å²) in [7, 11) is 0. The van der Waals surface area contributed by atoms with E-state index in [1.165, 1.54) is 22.3 Å². The summed E-state index contributed by atoms with van der Waals surface area (Å²) in [6, 6.07) is 10.6. The highest BCUT2D eigenvalue weighted by molar-refractivity contribution is 7.80. The van der Waals surface area contributed by atoms with Crippen LogP contribution >= 0.6 is 12.2 Å². The maximum atomic E-state index is 13.5. The Hall–Kier alpha value is -2.06. The van der Waals surface area contributed by atoms with Crippen LogP contribution in [0.5, 0.6) is 0 Å². The maximum absolute atomic E-state index is 13.5. The molecule has 0 aliphatic heterocycles. The lowest BCUT2D eigenvalue weighted by molar-refractivity contribution is -0.116. The van der Waals surface area contributed by atoms with E-state index < -0.39 is 0 Å². The van der Waals surface area contributed by atoms with Crippen molar-refractivity contribution in [1.29, 1.82) is 0 Å². The van der Waals surface area contributed by atoms with Crippen LogP contribution in [0.1, 0.15) is 52.5 Å². The van der Waals surface area contributed by atoms with Gasteiger partial charge in [0.05, 0.1) is 5.92 Å². The molecule has 0 aromatic heterocycles. The zero-order valence-electron chi connectivity index (χ0n) is 18.1. The third kappa shape index (κ3) is 4.59. The smallest absolute Gasteiger partial charge is 0.167 e. The highest BCUT2D eigenvalue weighted by Crippen LogP contribution is 2.43. The van der Waals surface area contributed by atoms with Crippen molar-refractivity contribution >= 4 is 22.9 Å². The summed E-state index contributed by atoms with van der Waals surface area (Å²) in [5.74, 6) is 0.681. The van der Waals surface area contributed by atoms with Gasteiger partial charge in [-0.05, 0) is 65.0 Å². The van der Waals surface area contributed by atoms with Crippen LogP contribution in [-0.4, -0.2) is 10.6 Å². The molecule has 1 aromatic carbocycles. The summed E-state index contributed by atoms with van der Waals surface area (Å²) in [5.41, 5.74) is 6.22. The molecule has 2 heteroatoms. The van der Waals surface area contributed by atoms with Gasteiger partial charge in [0.1, 0.15) is 0 Å². The number of allylic oxidation sites excluding steroid dienone is 8. The number of carbonyl (C=O) groups excluding carboxylic acids is 1. The maximum Gasteiger partial charge on any atom is 0.167 e. The van der Waals surface area contributed by atoms with Gasteiger partial charge in [-0.1, -0.05) is 88.5 Å². The lowest BCUT2D eigenvalue weighted by Crippen LogP contribution is -2.31. The van der Waals surface area contributed by atoms with Gasteiger partial charge in [0.2, 0.25) is 0 Å². The Labute approximate surface area is 181 Å². The van der Waals surface area contributed by atoms with Crippen LogP contribution in [0.25, 0.3) is 0 Å². The second-order valence-electron chi connectivity index (χ2n) is 8.33. The molecule has 0 bridgehead atoms. The number of ketones is 1. The quantitative estimate of drug-likeness (QED) is 0.455. The molecule has 1 nitrogen and oxygen atoms in total. The van der Waals surface area contributed by atoms with Crippen LogP contribution in [0, 0.1) is 17.8 Å². The third-order valence-electron chi connectivity index (χ3n) is 6.45. The first-order valence-corrected chi connectivity index (χ1v) is 11.3. The molecule has 0 spiro atoms. The molecule has 0 N–H and O–H groups in total. The fourth-order valence-corrected chi connectivity index (χ4v) is 4.70. The van der Waals surface area contributed by atoms with Crippen molar-refractivity contribution in [2.75, 3.05) is 0 Å². The standard InChI is InChI=1S/C27H32OS/c1-5-18(3)22-17-24(28)27(21-14-10-11-15-25(21)29)26(19(4)6-2)23(22)16-20-12-8-7-9-13-20/h7-14,17-19,27H,5-6,15-16H2,1-4H3. The molecule has 3 atom stereocenters. The van der Waals surface area contributed by atoms with Gasteiger partial charge >= 0.3 is 0 Å². The van der Waals surface area contributed by atoms with E-state index in [0.29, 0.717) is 11.8 Å². The first kappa shape index (κ1) is 21.6. The van der Waals surface area contributed by atoms with Gasteiger partial charge in [0.25, 0.3) is 0 Å². The van der Waals surface area contributed by atoms with E-state index in [0.717, 1.165) is 36.1 Å². The minimum absolute atomic E-state index is 0.205. The number of benzene rings is 1. The molecule has 0 radical (unpaired) electrons.